The van der Waals surface area contributed by atoms with Crippen LogP contribution >= 0.6 is 11.3 Å². The van der Waals surface area contributed by atoms with Crippen molar-refractivity contribution in [2.24, 2.45) is 5.41 Å². The standard InChI is InChI=1S/C15H22N2O2S/c1-11-7-17(14(18)15(2)4-5-16-10-15)8-13(19-11)12-3-6-20-9-12/h3,6,9,11,13,16H,4-5,7-8,10H2,1-2H3. The molecule has 2 saturated heterocycles. The summed E-state index contributed by atoms with van der Waals surface area (Å²) < 4.78 is 6.00. The molecule has 2 aliphatic rings. The van der Waals surface area contributed by atoms with Gasteiger partial charge in [0.15, 0.2) is 0 Å². The second-order valence-electron chi connectivity index (χ2n) is 6.19. The molecule has 0 aliphatic carbocycles. The Morgan fingerprint density at radius 3 is 3.05 bits per heavy atom. The van der Waals surface area contributed by atoms with Gasteiger partial charge in [0.2, 0.25) is 5.91 Å². The third-order valence-electron chi connectivity index (χ3n) is 4.35. The molecule has 2 fully saturated rings. The summed E-state index contributed by atoms with van der Waals surface area (Å²) >= 11 is 1.68. The number of thiophene rings is 1. The molecule has 1 N–H and O–H groups in total. The summed E-state index contributed by atoms with van der Waals surface area (Å²) in [5, 5.41) is 7.48. The predicted octanol–water partition coefficient (Wildman–Crippen LogP) is 2.04. The molecule has 3 atom stereocenters. The van der Waals surface area contributed by atoms with Gasteiger partial charge in [-0.3, -0.25) is 4.79 Å². The van der Waals surface area contributed by atoms with Crippen molar-refractivity contribution in [2.75, 3.05) is 26.2 Å². The quantitative estimate of drug-likeness (QED) is 0.907. The molecule has 3 unspecified atom stereocenters. The van der Waals surface area contributed by atoms with Crippen molar-refractivity contribution in [2.45, 2.75) is 32.5 Å². The van der Waals surface area contributed by atoms with E-state index in [0.717, 1.165) is 19.5 Å². The Bertz CT molecular complexity index is 468. The minimum atomic E-state index is -0.240. The molecule has 2 aliphatic heterocycles. The summed E-state index contributed by atoms with van der Waals surface area (Å²) in [6.45, 7) is 7.24. The van der Waals surface area contributed by atoms with Crippen LogP contribution in [0.3, 0.4) is 0 Å². The Morgan fingerprint density at radius 1 is 1.55 bits per heavy atom. The number of nitrogens with zero attached hydrogens (tertiary/aromatic N) is 1. The third kappa shape index (κ3) is 2.62. The van der Waals surface area contributed by atoms with Gasteiger partial charge in [-0.1, -0.05) is 0 Å². The van der Waals surface area contributed by atoms with Crippen LogP contribution in [0.1, 0.15) is 31.9 Å². The molecule has 5 heteroatoms. The van der Waals surface area contributed by atoms with E-state index >= 15 is 0 Å². The van der Waals surface area contributed by atoms with Gasteiger partial charge in [0.05, 0.1) is 18.1 Å². The van der Waals surface area contributed by atoms with Crippen LogP contribution in [0, 0.1) is 5.41 Å². The van der Waals surface area contributed by atoms with E-state index in [0.29, 0.717) is 13.1 Å². The zero-order valence-electron chi connectivity index (χ0n) is 12.1. The molecule has 3 heterocycles. The van der Waals surface area contributed by atoms with Crippen LogP contribution in [0.5, 0.6) is 0 Å². The molecular formula is C15H22N2O2S. The average Bonchev–Trinajstić information content (AvgIpc) is 3.09. The van der Waals surface area contributed by atoms with Crippen molar-refractivity contribution in [1.82, 2.24) is 10.2 Å². The van der Waals surface area contributed by atoms with Crippen molar-refractivity contribution in [1.29, 1.82) is 0 Å². The maximum Gasteiger partial charge on any atom is 0.230 e. The topological polar surface area (TPSA) is 41.6 Å². The lowest BCUT2D eigenvalue weighted by molar-refractivity contribution is -0.153. The van der Waals surface area contributed by atoms with Crippen molar-refractivity contribution in [3.8, 4) is 0 Å². The Hall–Kier alpha value is -0.910. The molecule has 3 rings (SSSR count). The Balaban J connectivity index is 1.74. The van der Waals surface area contributed by atoms with Crippen LogP contribution in [0.15, 0.2) is 16.8 Å². The molecule has 0 radical (unpaired) electrons. The largest absolute Gasteiger partial charge is 0.367 e. The number of nitrogens with one attached hydrogen (secondary N) is 1. The van der Waals surface area contributed by atoms with Gasteiger partial charge in [-0.25, -0.2) is 0 Å². The molecule has 1 aromatic heterocycles. The summed E-state index contributed by atoms with van der Waals surface area (Å²) in [7, 11) is 0. The highest BCUT2D eigenvalue weighted by atomic mass is 32.1. The molecular weight excluding hydrogens is 272 g/mol. The number of hydrogen-bond acceptors (Lipinski definition) is 4. The SMILES string of the molecule is CC1CN(C(=O)C2(C)CCNC2)CC(c2ccsc2)O1. The van der Waals surface area contributed by atoms with Crippen LogP contribution in [0.2, 0.25) is 0 Å². The number of rotatable bonds is 2. The van der Waals surface area contributed by atoms with Gasteiger partial charge in [-0.15, -0.1) is 0 Å². The van der Waals surface area contributed by atoms with Crippen molar-refractivity contribution >= 4 is 17.2 Å². The number of ether oxygens (including phenoxy) is 1. The van der Waals surface area contributed by atoms with E-state index in [4.69, 9.17) is 4.74 Å². The van der Waals surface area contributed by atoms with Crippen LogP contribution in [-0.2, 0) is 9.53 Å². The summed E-state index contributed by atoms with van der Waals surface area (Å²) in [5.41, 5.74) is 0.949. The second kappa shape index (κ2) is 5.47. The van der Waals surface area contributed by atoms with E-state index in [1.54, 1.807) is 11.3 Å². The summed E-state index contributed by atoms with van der Waals surface area (Å²) in [6, 6.07) is 2.09. The Morgan fingerprint density at radius 2 is 2.40 bits per heavy atom. The lowest BCUT2D eigenvalue weighted by Gasteiger charge is -2.40. The Kier molecular flexibility index (Phi) is 3.84. The molecule has 1 amide bonds. The van der Waals surface area contributed by atoms with Crippen molar-refractivity contribution in [3.05, 3.63) is 22.4 Å². The first-order chi connectivity index (χ1) is 9.58. The highest BCUT2D eigenvalue weighted by Crippen LogP contribution is 2.32. The molecule has 0 aromatic carbocycles. The smallest absolute Gasteiger partial charge is 0.230 e. The minimum Gasteiger partial charge on any atom is -0.367 e. The maximum atomic E-state index is 12.8. The minimum absolute atomic E-state index is 0.0203. The van der Waals surface area contributed by atoms with Gasteiger partial charge < -0.3 is 15.0 Å². The van der Waals surface area contributed by atoms with Gasteiger partial charge in [0.1, 0.15) is 6.10 Å². The third-order valence-corrected chi connectivity index (χ3v) is 5.05. The lowest BCUT2D eigenvalue weighted by atomic mass is 9.87. The number of morpholine rings is 1. The predicted molar refractivity (Wildman–Crippen MR) is 79.8 cm³/mol. The number of carbonyl (C=O) groups excluding carboxylic acids is 1. The van der Waals surface area contributed by atoms with E-state index in [-0.39, 0.29) is 23.5 Å². The van der Waals surface area contributed by atoms with E-state index in [1.807, 2.05) is 11.8 Å². The summed E-state index contributed by atoms with van der Waals surface area (Å²) in [5.74, 6) is 0.276. The molecule has 4 nitrogen and oxygen atoms in total. The van der Waals surface area contributed by atoms with Gasteiger partial charge in [0, 0.05) is 13.1 Å². The number of amides is 1. The highest BCUT2D eigenvalue weighted by Gasteiger charge is 2.41. The van der Waals surface area contributed by atoms with E-state index in [1.165, 1.54) is 5.56 Å². The average molecular weight is 294 g/mol. The molecule has 0 saturated carbocycles. The van der Waals surface area contributed by atoms with Gasteiger partial charge in [0.25, 0.3) is 0 Å². The van der Waals surface area contributed by atoms with Gasteiger partial charge in [-0.2, -0.15) is 11.3 Å². The van der Waals surface area contributed by atoms with Crippen molar-refractivity contribution in [3.63, 3.8) is 0 Å². The molecule has 1 aromatic rings. The zero-order valence-corrected chi connectivity index (χ0v) is 12.9. The normalized spacial score (nSPS) is 34.4. The van der Waals surface area contributed by atoms with Crippen LogP contribution in [0.25, 0.3) is 0 Å². The molecule has 20 heavy (non-hydrogen) atoms. The Labute approximate surface area is 124 Å². The second-order valence-corrected chi connectivity index (χ2v) is 6.97. The van der Waals surface area contributed by atoms with Crippen LogP contribution < -0.4 is 5.32 Å². The monoisotopic (exact) mass is 294 g/mol. The molecule has 110 valence electrons. The maximum absolute atomic E-state index is 12.8. The van der Waals surface area contributed by atoms with Crippen molar-refractivity contribution < 1.29 is 9.53 Å². The highest BCUT2D eigenvalue weighted by molar-refractivity contribution is 7.07. The molecule has 0 bridgehead atoms. The first-order valence-electron chi connectivity index (χ1n) is 7.26. The molecule has 0 spiro atoms. The van der Waals surface area contributed by atoms with E-state index < -0.39 is 0 Å². The van der Waals surface area contributed by atoms with E-state index in [9.17, 15) is 4.79 Å². The summed E-state index contributed by atoms with van der Waals surface area (Å²) in [6.07, 6.45) is 1.04. The zero-order chi connectivity index (χ0) is 14.2. The van der Waals surface area contributed by atoms with Gasteiger partial charge in [-0.05, 0) is 49.2 Å². The fraction of sp³-hybridized carbons (Fsp3) is 0.667. The number of hydrogen-bond donors (Lipinski definition) is 1. The van der Waals surface area contributed by atoms with Crippen LogP contribution in [-0.4, -0.2) is 43.1 Å². The van der Waals surface area contributed by atoms with Crippen LogP contribution in [0.4, 0.5) is 0 Å². The van der Waals surface area contributed by atoms with Gasteiger partial charge >= 0.3 is 0 Å². The van der Waals surface area contributed by atoms with E-state index in [2.05, 4.69) is 29.1 Å². The number of carbonyl (C=O) groups is 1. The first-order valence-corrected chi connectivity index (χ1v) is 8.20. The summed E-state index contributed by atoms with van der Waals surface area (Å²) in [4.78, 5) is 14.8. The fourth-order valence-corrected chi connectivity index (χ4v) is 3.84. The first kappa shape index (κ1) is 14.0. The lowest BCUT2D eigenvalue weighted by Crippen LogP contribution is -2.51. The fourth-order valence-electron chi connectivity index (χ4n) is 3.14.